The number of benzene rings is 1. The summed E-state index contributed by atoms with van der Waals surface area (Å²) in [5, 5.41) is 28.3. The van der Waals surface area contributed by atoms with E-state index >= 15 is 0 Å². The second-order valence-corrected chi connectivity index (χ2v) is 5.36. The summed E-state index contributed by atoms with van der Waals surface area (Å²) in [6.45, 7) is 2.91. The Labute approximate surface area is 140 Å². The number of carbonyl (C=O) groups is 1. The summed E-state index contributed by atoms with van der Waals surface area (Å²) in [6.07, 6.45) is 1.13. The normalized spacial score (nSPS) is 11.8. The Kier molecular flexibility index (Phi) is 4.79. The zero-order chi connectivity index (χ0) is 18.0. The van der Waals surface area contributed by atoms with Crippen LogP contribution in [0.3, 0.4) is 0 Å². The molecule has 0 aliphatic carbocycles. The van der Waals surface area contributed by atoms with Gasteiger partial charge in [0.1, 0.15) is 23.6 Å². The van der Waals surface area contributed by atoms with Crippen molar-refractivity contribution < 1.29 is 14.6 Å². The number of nitro benzene ring substituents is 1. The molecule has 0 saturated heterocycles. The Morgan fingerprint density at radius 1 is 1.29 bits per heavy atom. The summed E-state index contributed by atoms with van der Waals surface area (Å²) in [5.41, 5.74) is -0.436. The molecular formula is C13H12ClN5O5. The molecule has 10 nitrogen and oxygen atoms in total. The van der Waals surface area contributed by atoms with E-state index in [2.05, 4.69) is 10.4 Å². The van der Waals surface area contributed by atoms with Crippen molar-refractivity contribution in [3.05, 3.63) is 55.3 Å². The maximum absolute atomic E-state index is 12.3. The fourth-order valence-corrected chi connectivity index (χ4v) is 2.13. The number of nitrogens with zero attached hydrogens (tertiary/aromatic N) is 4. The summed E-state index contributed by atoms with van der Waals surface area (Å²) in [6, 6.07) is 2.91. The first kappa shape index (κ1) is 17.3. The highest BCUT2D eigenvalue weighted by Crippen LogP contribution is 2.28. The predicted octanol–water partition coefficient (Wildman–Crippen LogP) is 2.86. The van der Waals surface area contributed by atoms with Gasteiger partial charge in [0.25, 0.3) is 5.69 Å². The minimum atomic E-state index is -0.910. The van der Waals surface area contributed by atoms with Crippen molar-refractivity contribution in [1.29, 1.82) is 0 Å². The van der Waals surface area contributed by atoms with Crippen molar-refractivity contribution in [1.82, 2.24) is 9.78 Å². The Balaban J connectivity index is 2.25. The van der Waals surface area contributed by atoms with Crippen molar-refractivity contribution in [3.8, 4) is 0 Å². The van der Waals surface area contributed by atoms with E-state index in [1.54, 1.807) is 0 Å². The smallest absolute Gasteiger partial charge is 0.309 e. The third kappa shape index (κ3) is 3.49. The molecule has 1 unspecified atom stereocenters. The molecule has 0 aliphatic rings. The molecule has 2 aromatic rings. The van der Waals surface area contributed by atoms with Crippen LogP contribution in [0.15, 0.2) is 24.4 Å². The van der Waals surface area contributed by atoms with Crippen molar-refractivity contribution in [3.63, 3.8) is 0 Å². The van der Waals surface area contributed by atoms with Crippen LogP contribution in [0.2, 0.25) is 5.02 Å². The van der Waals surface area contributed by atoms with Gasteiger partial charge in [-0.25, -0.2) is 0 Å². The second-order valence-electron chi connectivity index (χ2n) is 4.92. The number of hydrogen-bond donors (Lipinski definition) is 1. The summed E-state index contributed by atoms with van der Waals surface area (Å²) < 4.78 is 1.13. The molecule has 1 aromatic carbocycles. The van der Waals surface area contributed by atoms with Crippen LogP contribution in [0.25, 0.3) is 0 Å². The van der Waals surface area contributed by atoms with E-state index in [0.717, 1.165) is 16.9 Å². The van der Waals surface area contributed by atoms with Crippen LogP contribution in [0, 0.1) is 27.2 Å². The number of amides is 1. The molecule has 1 aromatic heterocycles. The lowest BCUT2D eigenvalue weighted by Gasteiger charge is -2.12. The Morgan fingerprint density at radius 2 is 1.92 bits per heavy atom. The molecule has 1 N–H and O–H groups in total. The van der Waals surface area contributed by atoms with E-state index in [1.165, 1.54) is 26.0 Å². The lowest BCUT2D eigenvalue weighted by atomic mass is 10.2. The average molecular weight is 354 g/mol. The Hall–Kier alpha value is -3.01. The zero-order valence-corrected chi connectivity index (χ0v) is 13.4. The SMILES string of the molecule is Cc1nn(C(C)C(=O)Nc2ccc(Cl)cc2[N+](=O)[O-])cc1[N+](=O)[O-]. The molecule has 1 heterocycles. The number of nitro groups is 2. The fourth-order valence-electron chi connectivity index (χ4n) is 1.97. The number of anilines is 1. The Morgan fingerprint density at radius 3 is 2.46 bits per heavy atom. The monoisotopic (exact) mass is 353 g/mol. The highest BCUT2D eigenvalue weighted by Gasteiger charge is 2.24. The van der Waals surface area contributed by atoms with Gasteiger partial charge in [-0.05, 0) is 26.0 Å². The molecule has 0 radical (unpaired) electrons. The van der Waals surface area contributed by atoms with Crippen molar-refractivity contribution in [2.75, 3.05) is 5.32 Å². The highest BCUT2D eigenvalue weighted by atomic mass is 35.5. The number of hydrogen-bond acceptors (Lipinski definition) is 6. The molecule has 0 saturated carbocycles. The second kappa shape index (κ2) is 6.62. The Bertz CT molecular complexity index is 834. The zero-order valence-electron chi connectivity index (χ0n) is 12.6. The predicted molar refractivity (Wildman–Crippen MR) is 85.1 cm³/mol. The molecule has 1 amide bonds. The van der Waals surface area contributed by atoms with Crippen LogP contribution in [-0.2, 0) is 4.79 Å². The number of aryl methyl sites for hydroxylation is 1. The number of carbonyl (C=O) groups excluding carboxylic acids is 1. The van der Waals surface area contributed by atoms with E-state index < -0.39 is 21.8 Å². The molecule has 11 heteroatoms. The first-order chi connectivity index (χ1) is 11.2. The maximum Gasteiger partial charge on any atom is 0.309 e. The highest BCUT2D eigenvalue weighted by molar-refractivity contribution is 6.31. The van der Waals surface area contributed by atoms with Gasteiger partial charge in [-0.3, -0.25) is 29.7 Å². The standard InChI is InChI=1S/C13H12ClN5O5/c1-7-12(19(23)24)6-17(16-7)8(2)13(20)15-10-4-3-9(14)5-11(10)18(21)22/h3-6,8H,1-2H3,(H,15,20). The third-order valence-electron chi connectivity index (χ3n) is 3.28. The maximum atomic E-state index is 12.3. The summed E-state index contributed by atoms with van der Waals surface area (Å²) in [7, 11) is 0. The average Bonchev–Trinajstić information content (AvgIpc) is 2.90. The minimum Gasteiger partial charge on any atom is -0.319 e. The van der Waals surface area contributed by atoms with Crippen molar-refractivity contribution >= 4 is 34.6 Å². The number of rotatable bonds is 5. The van der Waals surface area contributed by atoms with Crippen LogP contribution in [-0.4, -0.2) is 25.5 Å². The lowest BCUT2D eigenvalue weighted by Crippen LogP contribution is -2.24. The largest absolute Gasteiger partial charge is 0.319 e. The van der Waals surface area contributed by atoms with E-state index in [0.29, 0.717) is 0 Å². The summed E-state index contributed by atoms with van der Waals surface area (Å²) >= 11 is 5.71. The van der Waals surface area contributed by atoms with Gasteiger partial charge < -0.3 is 5.32 Å². The quantitative estimate of drug-likeness (QED) is 0.648. The van der Waals surface area contributed by atoms with E-state index in [4.69, 9.17) is 11.6 Å². The number of aromatic nitrogens is 2. The summed E-state index contributed by atoms with van der Waals surface area (Å²) in [4.78, 5) is 32.8. The van der Waals surface area contributed by atoms with Crippen LogP contribution < -0.4 is 5.32 Å². The van der Waals surface area contributed by atoms with Gasteiger partial charge in [0, 0.05) is 11.1 Å². The molecule has 0 spiro atoms. The lowest BCUT2D eigenvalue weighted by molar-refractivity contribution is -0.385. The van der Waals surface area contributed by atoms with Crippen LogP contribution >= 0.6 is 11.6 Å². The van der Waals surface area contributed by atoms with Gasteiger partial charge in [-0.2, -0.15) is 5.10 Å². The first-order valence-corrected chi connectivity index (χ1v) is 7.03. The summed E-state index contributed by atoms with van der Waals surface area (Å²) in [5.74, 6) is -0.613. The van der Waals surface area contributed by atoms with Gasteiger partial charge >= 0.3 is 5.69 Å². The van der Waals surface area contributed by atoms with Crippen LogP contribution in [0.4, 0.5) is 17.1 Å². The number of halogens is 1. The van der Waals surface area contributed by atoms with Crippen molar-refractivity contribution in [2.45, 2.75) is 19.9 Å². The van der Waals surface area contributed by atoms with Gasteiger partial charge in [-0.1, -0.05) is 11.6 Å². The fraction of sp³-hybridized carbons (Fsp3) is 0.231. The van der Waals surface area contributed by atoms with Gasteiger partial charge in [0.15, 0.2) is 0 Å². The molecule has 0 aliphatic heterocycles. The molecule has 24 heavy (non-hydrogen) atoms. The van der Waals surface area contributed by atoms with E-state index in [9.17, 15) is 25.0 Å². The molecule has 2 rings (SSSR count). The van der Waals surface area contributed by atoms with Crippen molar-refractivity contribution in [2.24, 2.45) is 0 Å². The molecule has 1 atom stereocenters. The molecule has 126 valence electrons. The van der Waals surface area contributed by atoms with Gasteiger partial charge in [-0.15, -0.1) is 0 Å². The van der Waals surface area contributed by atoms with E-state index in [1.807, 2.05) is 0 Å². The van der Waals surface area contributed by atoms with Gasteiger partial charge in [0.05, 0.1) is 9.85 Å². The molecule has 0 fully saturated rings. The van der Waals surface area contributed by atoms with E-state index in [-0.39, 0.29) is 27.8 Å². The molecular weight excluding hydrogens is 342 g/mol. The topological polar surface area (TPSA) is 133 Å². The minimum absolute atomic E-state index is 0.0281. The molecule has 0 bridgehead atoms. The first-order valence-electron chi connectivity index (χ1n) is 6.65. The third-order valence-corrected chi connectivity index (χ3v) is 3.51. The van der Waals surface area contributed by atoms with Gasteiger partial charge in [0.2, 0.25) is 5.91 Å². The van der Waals surface area contributed by atoms with Crippen LogP contribution in [0.1, 0.15) is 18.7 Å². The van der Waals surface area contributed by atoms with Crippen LogP contribution in [0.5, 0.6) is 0 Å². The number of nitrogens with one attached hydrogen (secondary N) is 1.